The van der Waals surface area contributed by atoms with Crippen LogP contribution < -0.4 is 0 Å². The normalized spacial score (nSPS) is 15.0. The number of aromatic nitrogens is 2. The predicted octanol–water partition coefficient (Wildman–Crippen LogP) is 4.36. The first kappa shape index (κ1) is 19.6. The van der Waals surface area contributed by atoms with Crippen LogP contribution in [0.15, 0.2) is 60.7 Å². The number of piperazine rings is 1. The summed E-state index contributed by atoms with van der Waals surface area (Å²) in [6.07, 6.45) is 0. The summed E-state index contributed by atoms with van der Waals surface area (Å²) in [4.78, 5) is 26.7. The Morgan fingerprint density at radius 1 is 0.839 bits per heavy atom. The first-order valence-electron chi connectivity index (χ1n) is 10.8. The molecule has 5 rings (SSSR count). The molecule has 1 fully saturated rings. The molecule has 1 aliphatic heterocycles. The first-order chi connectivity index (χ1) is 15.1. The summed E-state index contributed by atoms with van der Waals surface area (Å²) >= 11 is 0. The molecular formula is C26H26N4O. The molecular weight excluding hydrogens is 384 g/mol. The molecule has 156 valence electrons. The molecule has 1 aromatic heterocycles. The van der Waals surface area contributed by atoms with E-state index in [1.807, 2.05) is 36.9 Å². The van der Waals surface area contributed by atoms with Gasteiger partial charge >= 0.3 is 0 Å². The second-order valence-corrected chi connectivity index (χ2v) is 8.30. The molecule has 0 spiro atoms. The Morgan fingerprint density at radius 3 is 2.35 bits per heavy atom. The number of aryl methyl sites for hydroxylation is 2. The third-order valence-corrected chi connectivity index (χ3v) is 6.26. The van der Waals surface area contributed by atoms with E-state index in [9.17, 15) is 4.79 Å². The zero-order valence-corrected chi connectivity index (χ0v) is 18.0. The van der Waals surface area contributed by atoms with Gasteiger partial charge in [0.1, 0.15) is 0 Å². The predicted molar refractivity (Wildman–Crippen MR) is 124 cm³/mol. The van der Waals surface area contributed by atoms with E-state index >= 15 is 0 Å². The van der Waals surface area contributed by atoms with Crippen molar-refractivity contribution in [1.82, 2.24) is 19.8 Å². The summed E-state index contributed by atoms with van der Waals surface area (Å²) < 4.78 is 0. The molecule has 5 heteroatoms. The van der Waals surface area contributed by atoms with Crippen molar-refractivity contribution in [1.29, 1.82) is 0 Å². The molecule has 4 aromatic rings. The van der Waals surface area contributed by atoms with Crippen molar-refractivity contribution in [3.8, 4) is 0 Å². The Hall–Kier alpha value is -3.31. The molecule has 0 radical (unpaired) electrons. The lowest BCUT2D eigenvalue weighted by atomic mass is 10.0. The lowest BCUT2D eigenvalue weighted by molar-refractivity contribution is 0.0629. The summed E-state index contributed by atoms with van der Waals surface area (Å²) in [7, 11) is 0. The summed E-state index contributed by atoms with van der Waals surface area (Å²) in [5.74, 6) is 0.0757. The third kappa shape index (κ3) is 3.89. The zero-order chi connectivity index (χ0) is 21.4. The Labute approximate surface area is 182 Å². The van der Waals surface area contributed by atoms with Crippen LogP contribution in [0.5, 0.6) is 0 Å². The van der Waals surface area contributed by atoms with E-state index in [4.69, 9.17) is 0 Å². The number of fused-ring (bicyclic) bond motifs is 2. The van der Waals surface area contributed by atoms with Crippen LogP contribution in [0.1, 0.15) is 27.3 Å². The quantitative estimate of drug-likeness (QED) is 0.504. The molecule has 31 heavy (non-hydrogen) atoms. The molecule has 2 heterocycles. The molecule has 0 N–H and O–H groups in total. The lowest BCUT2D eigenvalue weighted by Gasteiger charge is -2.35. The number of hydrogen-bond donors (Lipinski definition) is 0. The molecule has 1 aliphatic rings. The van der Waals surface area contributed by atoms with Gasteiger partial charge < -0.3 is 4.90 Å². The number of benzene rings is 3. The minimum absolute atomic E-state index is 0.0757. The van der Waals surface area contributed by atoms with Gasteiger partial charge in [-0.3, -0.25) is 9.69 Å². The van der Waals surface area contributed by atoms with E-state index in [0.717, 1.165) is 55.1 Å². The maximum atomic E-state index is 13.1. The van der Waals surface area contributed by atoms with Gasteiger partial charge in [0.15, 0.2) is 0 Å². The van der Waals surface area contributed by atoms with Crippen molar-refractivity contribution in [2.24, 2.45) is 0 Å². The maximum Gasteiger partial charge on any atom is 0.254 e. The maximum absolute atomic E-state index is 13.1. The standard InChI is InChI=1S/C26H26N4O/c1-18-19(2)28-25-16-21(10-11-24(25)27-18)26(31)30-14-12-29(13-15-30)17-22-8-5-7-20-6-3-4-9-23(20)22/h3-11,16H,12-15,17H2,1-2H3. The van der Waals surface area contributed by atoms with Crippen molar-refractivity contribution in [2.45, 2.75) is 20.4 Å². The van der Waals surface area contributed by atoms with Crippen molar-refractivity contribution in [3.63, 3.8) is 0 Å². The molecule has 0 bridgehead atoms. The topological polar surface area (TPSA) is 49.3 Å². The van der Waals surface area contributed by atoms with E-state index < -0.39 is 0 Å². The number of nitrogens with zero attached hydrogens (tertiary/aromatic N) is 4. The van der Waals surface area contributed by atoms with E-state index in [-0.39, 0.29) is 5.91 Å². The van der Waals surface area contributed by atoms with Crippen LogP contribution in [-0.2, 0) is 6.54 Å². The summed E-state index contributed by atoms with van der Waals surface area (Å²) in [5, 5.41) is 2.59. The van der Waals surface area contributed by atoms with Gasteiger partial charge in [-0.1, -0.05) is 42.5 Å². The molecule has 0 saturated carbocycles. The first-order valence-corrected chi connectivity index (χ1v) is 10.8. The van der Waals surface area contributed by atoms with Crippen LogP contribution in [0.25, 0.3) is 21.8 Å². The number of rotatable bonds is 3. The van der Waals surface area contributed by atoms with Crippen molar-refractivity contribution in [2.75, 3.05) is 26.2 Å². The highest BCUT2D eigenvalue weighted by molar-refractivity contribution is 5.97. The van der Waals surface area contributed by atoms with Gasteiger partial charge in [0.25, 0.3) is 5.91 Å². The molecule has 1 amide bonds. The molecule has 5 nitrogen and oxygen atoms in total. The number of amides is 1. The molecule has 1 saturated heterocycles. The average Bonchev–Trinajstić information content (AvgIpc) is 2.80. The van der Waals surface area contributed by atoms with Crippen molar-refractivity contribution in [3.05, 3.63) is 83.2 Å². The van der Waals surface area contributed by atoms with Crippen LogP contribution >= 0.6 is 0 Å². The fourth-order valence-corrected chi connectivity index (χ4v) is 4.33. The highest BCUT2D eigenvalue weighted by Crippen LogP contribution is 2.21. The van der Waals surface area contributed by atoms with Gasteiger partial charge in [0.05, 0.1) is 22.4 Å². The highest BCUT2D eigenvalue weighted by Gasteiger charge is 2.23. The Kier molecular flexibility index (Phi) is 5.12. The second-order valence-electron chi connectivity index (χ2n) is 8.30. The van der Waals surface area contributed by atoms with E-state index in [1.165, 1.54) is 16.3 Å². The van der Waals surface area contributed by atoms with Gasteiger partial charge in [-0.05, 0) is 48.4 Å². The van der Waals surface area contributed by atoms with Crippen molar-refractivity contribution >= 4 is 27.7 Å². The van der Waals surface area contributed by atoms with Gasteiger partial charge in [-0.2, -0.15) is 0 Å². The van der Waals surface area contributed by atoms with Crippen LogP contribution in [0.2, 0.25) is 0 Å². The Balaban J connectivity index is 1.27. The van der Waals surface area contributed by atoms with Gasteiger partial charge in [0.2, 0.25) is 0 Å². The minimum Gasteiger partial charge on any atom is -0.336 e. The number of hydrogen-bond acceptors (Lipinski definition) is 4. The van der Waals surface area contributed by atoms with Crippen LogP contribution in [0.4, 0.5) is 0 Å². The van der Waals surface area contributed by atoms with E-state index in [2.05, 4.69) is 57.3 Å². The zero-order valence-electron chi connectivity index (χ0n) is 18.0. The Morgan fingerprint density at radius 2 is 1.55 bits per heavy atom. The van der Waals surface area contributed by atoms with Gasteiger partial charge in [0, 0.05) is 38.3 Å². The monoisotopic (exact) mass is 410 g/mol. The minimum atomic E-state index is 0.0757. The van der Waals surface area contributed by atoms with Crippen LogP contribution in [-0.4, -0.2) is 51.9 Å². The summed E-state index contributed by atoms with van der Waals surface area (Å²) in [5.41, 5.74) is 5.47. The van der Waals surface area contributed by atoms with Crippen molar-refractivity contribution < 1.29 is 4.79 Å². The molecule has 0 unspecified atom stereocenters. The summed E-state index contributed by atoms with van der Waals surface area (Å²) in [6, 6.07) is 20.7. The molecule has 3 aromatic carbocycles. The SMILES string of the molecule is Cc1nc2ccc(C(=O)N3CCN(Cc4cccc5ccccc45)CC3)cc2nc1C. The smallest absolute Gasteiger partial charge is 0.254 e. The Bertz CT molecular complexity index is 1270. The van der Waals surface area contributed by atoms with Gasteiger partial charge in [-0.25, -0.2) is 9.97 Å². The van der Waals surface area contributed by atoms with E-state index in [0.29, 0.717) is 5.56 Å². The van der Waals surface area contributed by atoms with Crippen LogP contribution in [0, 0.1) is 13.8 Å². The van der Waals surface area contributed by atoms with Gasteiger partial charge in [-0.15, -0.1) is 0 Å². The highest BCUT2D eigenvalue weighted by atomic mass is 16.2. The second kappa shape index (κ2) is 8.08. The lowest BCUT2D eigenvalue weighted by Crippen LogP contribution is -2.48. The molecule has 0 atom stereocenters. The third-order valence-electron chi connectivity index (χ3n) is 6.26. The molecule has 0 aliphatic carbocycles. The fraction of sp³-hybridized carbons (Fsp3) is 0.269. The fourth-order valence-electron chi connectivity index (χ4n) is 4.33. The van der Waals surface area contributed by atoms with E-state index in [1.54, 1.807) is 0 Å². The average molecular weight is 411 g/mol. The largest absolute Gasteiger partial charge is 0.336 e. The summed E-state index contributed by atoms with van der Waals surface area (Å²) in [6.45, 7) is 8.04. The number of carbonyl (C=O) groups excluding carboxylic acids is 1. The van der Waals surface area contributed by atoms with Crippen LogP contribution in [0.3, 0.4) is 0 Å². The number of carbonyl (C=O) groups is 1.